The Bertz CT molecular complexity index is 803. The Kier molecular flexibility index (Phi) is 6.32. The number of thiophene rings is 1. The molecule has 4 nitrogen and oxygen atoms in total. The summed E-state index contributed by atoms with van der Waals surface area (Å²) in [6.45, 7) is 2.38. The Morgan fingerprint density at radius 3 is 2.81 bits per heavy atom. The number of anilines is 1. The van der Waals surface area contributed by atoms with E-state index in [0.717, 1.165) is 23.4 Å². The highest BCUT2D eigenvalue weighted by atomic mass is 32.2. The number of rotatable bonds is 8. The van der Waals surface area contributed by atoms with E-state index in [-0.39, 0.29) is 23.5 Å². The summed E-state index contributed by atoms with van der Waals surface area (Å²) in [4.78, 5) is 24.8. The van der Waals surface area contributed by atoms with Crippen LogP contribution in [0.1, 0.15) is 33.6 Å². The third kappa shape index (κ3) is 5.08. The molecule has 3 rings (SSSR count). The van der Waals surface area contributed by atoms with Crippen molar-refractivity contribution in [2.75, 3.05) is 17.6 Å². The van der Waals surface area contributed by atoms with Gasteiger partial charge in [0.1, 0.15) is 5.82 Å². The Morgan fingerprint density at radius 1 is 1.31 bits per heavy atom. The number of amides is 2. The summed E-state index contributed by atoms with van der Waals surface area (Å²) in [5.74, 6) is 1.14. The normalized spacial score (nSPS) is 13.5. The van der Waals surface area contributed by atoms with Gasteiger partial charge < -0.3 is 10.6 Å². The van der Waals surface area contributed by atoms with E-state index in [1.54, 1.807) is 23.9 Å². The zero-order chi connectivity index (χ0) is 18.5. The molecule has 2 amide bonds. The van der Waals surface area contributed by atoms with Crippen LogP contribution >= 0.6 is 23.1 Å². The summed E-state index contributed by atoms with van der Waals surface area (Å²) in [6, 6.07) is 8.56. The van der Waals surface area contributed by atoms with E-state index >= 15 is 0 Å². The van der Waals surface area contributed by atoms with E-state index in [0.29, 0.717) is 28.5 Å². The second kappa shape index (κ2) is 8.68. The number of carbonyl (C=O) groups is 2. The third-order valence-corrected chi connectivity index (χ3v) is 6.23. The first-order chi connectivity index (χ1) is 12.5. The molecule has 2 N–H and O–H groups in total. The fourth-order valence-electron chi connectivity index (χ4n) is 2.45. The van der Waals surface area contributed by atoms with E-state index in [2.05, 4.69) is 10.6 Å². The summed E-state index contributed by atoms with van der Waals surface area (Å²) in [5.41, 5.74) is 1.53. The van der Waals surface area contributed by atoms with Crippen LogP contribution in [-0.2, 0) is 10.5 Å². The highest BCUT2D eigenvalue weighted by Crippen LogP contribution is 2.32. The molecule has 0 radical (unpaired) electrons. The molecule has 2 aromatic rings. The van der Waals surface area contributed by atoms with Crippen molar-refractivity contribution in [3.63, 3.8) is 0 Å². The fraction of sp³-hybridized carbons (Fsp3) is 0.368. The fourth-order valence-corrected chi connectivity index (χ4v) is 4.29. The average molecular weight is 393 g/mol. The van der Waals surface area contributed by atoms with Crippen LogP contribution in [-0.4, -0.2) is 24.1 Å². The second-order valence-electron chi connectivity index (χ2n) is 6.29. The number of aryl methyl sites for hydroxylation is 1. The number of halogens is 1. The third-order valence-electron chi connectivity index (χ3n) is 4.07. The van der Waals surface area contributed by atoms with Crippen molar-refractivity contribution in [1.29, 1.82) is 0 Å². The van der Waals surface area contributed by atoms with Gasteiger partial charge in [-0.25, -0.2) is 4.39 Å². The number of nitrogens with one attached hydrogen (secondary N) is 2. The van der Waals surface area contributed by atoms with Crippen LogP contribution in [0.5, 0.6) is 0 Å². The Labute approximate surface area is 160 Å². The molecule has 0 saturated heterocycles. The molecule has 1 saturated carbocycles. The first-order valence-electron chi connectivity index (χ1n) is 8.55. The van der Waals surface area contributed by atoms with Gasteiger partial charge in [-0.15, -0.1) is 11.3 Å². The molecule has 1 aliphatic rings. The number of thioether (sulfide) groups is 1. The number of hydrogen-bond acceptors (Lipinski definition) is 4. The van der Waals surface area contributed by atoms with E-state index in [4.69, 9.17) is 0 Å². The maximum Gasteiger partial charge on any atom is 0.261 e. The molecular formula is C19H21FN2O2S2. The monoisotopic (exact) mass is 392 g/mol. The lowest BCUT2D eigenvalue weighted by Crippen LogP contribution is -2.25. The standard InChI is InChI=1S/C19H21FN2O2S2/c1-12-10-16(22-18(23)13-6-7-13)26-17(12)19(24)21-8-9-25-11-14-4-2-3-5-15(14)20/h2-5,10,13H,6-9,11H2,1H3,(H,21,24)(H,22,23). The lowest BCUT2D eigenvalue weighted by atomic mass is 10.2. The predicted octanol–water partition coefficient (Wildman–Crippen LogP) is 4.21. The maximum absolute atomic E-state index is 13.5. The molecule has 1 fully saturated rings. The first-order valence-corrected chi connectivity index (χ1v) is 10.5. The Hall–Kier alpha value is -1.86. The number of carbonyl (C=O) groups excluding carboxylic acids is 2. The molecule has 0 spiro atoms. The van der Waals surface area contributed by atoms with Crippen LogP contribution in [0.2, 0.25) is 0 Å². The zero-order valence-electron chi connectivity index (χ0n) is 14.5. The molecule has 1 aliphatic carbocycles. The Morgan fingerprint density at radius 2 is 2.08 bits per heavy atom. The van der Waals surface area contributed by atoms with Gasteiger partial charge >= 0.3 is 0 Å². The number of benzene rings is 1. The molecule has 0 aliphatic heterocycles. The summed E-state index contributed by atoms with van der Waals surface area (Å²) in [7, 11) is 0. The largest absolute Gasteiger partial charge is 0.351 e. The first kappa shape index (κ1) is 18.9. The molecule has 0 atom stereocenters. The summed E-state index contributed by atoms with van der Waals surface area (Å²) in [6.07, 6.45) is 1.90. The molecule has 138 valence electrons. The molecule has 1 aromatic carbocycles. The van der Waals surface area contributed by atoms with Crippen LogP contribution in [0.3, 0.4) is 0 Å². The van der Waals surface area contributed by atoms with Gasteiger partial charge in [-0.05, 0) is 43.0 Å². The highest BCUT2D eigenvalue weighted by Gasteiger charge is 2.30. The van der Waals surface area contributed by atoms with Crippen molar-refractivity contribution in [2.24, 2.45) is 5.92 Å². The predicted molar refractivity (Wildman–Crippen MR) is 105 cm³/mol. The van der Waals surface area contributed by atoms with Gasteiger partial charge in [-0.2, -0.15) is 11.8 Å². The van der Waals surface area contributed by atoms with E-state index in [1.165, 1.54) is 17.4 Å². The van der Waals surface area contributed by atoms with Crippen molar-refractivity contribution in [2.45, 2.75) is 25.5 Å². The molecule has 0 bridgehead atoms. The van der Waals surface area contributed by atoms with Gasteiger partial charge in [0.15, 0.2) is 0 Å². The maximum atomic E-state index is 13.5. The lowest BCUT2D eigenvalue weighted by Gasteiger charge is -2.05. The van der Waals surface area contributed by atoms with Crippen molar-refractivity contribution in [3.05, 3.63) is 52.2 Å². The van der Waals surface area contributed by atoms with Gasteiger partial charge in [-0.1, -0.05) is 18.2 Å². The molecule has 0 unspecified atom stereocenters. The highest BCUT2D eigenvalue weighted by molar-refractivity contribution is 7.98. The smallest absolute Gasteiger partial charge is 0.261 e. The van der Waals surface area contributed by atoms with Crippen LogP contribution in [0.15, 0.2) is 30.3 Å². The second-order valence-corrected chi connectivity index (χ2v) is 8.44. The summed E-state index contributed by atoms with van der Waals surface area (Å²) >= 11 is 2.88. The molecule has 7 heteroatoms. The molecular weight excluding hydrogens is 371 g/mol. The van der Waals surface area contributed by atoms with Crippen molar-refractivity contribution >= 4 is 39.9 Å². The SMILES string of the molecule is Cc1cc(NC(=O)C2CC2)sc1C(=O)NCCSCc1ccccc1F. The Balaban J connectivity index is 1.42. The van der Waals surface area contributed by atoms with Gasteiger partial charge in [0.05, 0.1) is 9.88 Å². The van der Waals surface area contributed by atoms with E-state index < -0.39 is 0 Å². The van der Waals surface area contributed by atoms with Crippen LogP contribution < -0.4 is 10.6 Å². The topological polar surface area (TPSA) is 58.2 Å². The minimum absolute atomic E-state index is 0.0442. The van der Waals surface area contributed by atoms with Crippen LogP contribution in [0, 0.1) is 18.7 Å². The quantitative estimate of drug-likeness (QED) is 0.662. The van der Waals surface area contributed by atoms with Gasteiger partial charge in [0.2, 0.25) is 5.91 Å². The summed E-state index contributed by atoms with van der Waals surface area (Å²) in [5, 5.41) is 6.49. The van der Waals surface area contributed by atoms with E-state index in [9.17, 15) is 14.0 Å². The van der Waals surface area contributed by atoms with Crippen molar-refractivity contribution in [3.8, 4) is 0 Å². The lowest BCUT2D eigenvalue weighted by molar-refractivity contribution is -0.117. The van der Waals surface area contributed by atoms with Gasteiger partial charge in [0, 0.05) is 24.0 Å². The van der Waals surface area contributed by atoms with Crippen LogP contribution in [0.4, 0.5) is 9.39 Å². The van der Waals surface area contributed by atoms with Gasteiger partial charge in [-0.3, -0.25) is 9.59 Å². The summed E-state index contributed by atoms with van der Waals surface area (Å²) < 4.78 is 13.5. The van der Waals surface area contributed by atoms with Crippen LogP contribution in [0.25, 0.3) is 0 Å². The average Bonchev–Trinajstić information content (AvgIpc) is 3.40. The number of hydrogen-bond donors (Lipinski definition) is 2. The minimum Gasteiger partial charge on any atom is -0.351 e. The van der Waals surface area contributed by atoms with Crippen molar-refractivity contribution in [1.82, 2.24) is 5.32 Å². The minimum atomic E-state index is -0.195. The molecule has 1 aromatic heterocycles. The molecule has 1 heterocycles. The van der Waals surface area contributed by atoms with E-state index in [1.807, 2.05) is 19.1 Å². The zero-order valence-corrected chi connectivity index (χ0v) is 16.1. The molecule has 26 heavy (non-hydrogen) atoms. The van der Waals surface area contributed by atoms with Gasteiger partial charge in [0.25, 0.3) is 5.91 Å². The van der Waals surface area contributed by atoms with Crippen molar-refractivity contribution < 1.29 is 14.0 Å².